The van der Waals surface area contributed by atoms with Crippen molar-refractivity contribution in [2.75, 3.05) is 0 Å². The monoisotopic (exact) mass is 318 g/mol. The lowest BCUT2D eigenvalue weighted by Gasteiger charge is -2.28. The van der Waals surface area contributed by atoms with Gasteiger partial charge >= 0.3 is 6.09 Å². The Morgan fingerprint density at radius 3 is 2.57 bits per heavy atom. The van der Waals surface area contributed by atoms with Crippen LogP contribution in [0.15, 0.2) is 24.3 Å². The summed E-state index contributed by atoms with van der Waals surface area (Å²) in [4.78, 5) is 26.6. The van der Waals surface area contributed by atoms with Gasteiger partial charge in [-0.25, -0.2) is 4.79 Å². The molecule has 0 fully saturated rings. The average Bonchev–Trinajstić information content (AvgIpc) is 2.80. The van der Waals surface area contributed by atoms with Crippen LogP contribution in [-0.4, -0.2) is 28.5 Å². The van der Waals surface area contributed by atoms with Crippen LogP contribution in [0.25, 0.3) is 0 Å². The molecule has 1 aromatic rings. The van der Waals surface area contributed by atoms with Gasteiger partial charge in [0.05, 0.1) is 6.04 Å². The van der Waals surface area contributed by atoms with Crippen LogP contribution in [0.3, 0.4) is 0 Å². The molecule has 1 heterocycles. The smallest absolute Gasteiger partial charge is 0.408 e. The van der Waals surface area contributed by atoms with Crippen molar-refractivity contribution in [2.45, 2.75) is 65.3 Å². The van der Waals surface area contributed by atoms with Gasteiger partial charge < -0.3 is 15.0 Å². The van der Waals surface area contributed by atoms with E-state index in [1.165, 1.54) is 11.1 Å². The Morgan fingerprint density at radius 1 is 1.35 bits per heavy atom. The highest BCUT2D eigenvalue weighted by atomic mass is 16.6. The molecular weight excluding hydrogens is 292 g/mol. The number of amides is 2. The highest BCUT2D eigenvalue weighted by molar-refractivity contribution is 5.86. The average molecular weight is 318 g/mol. The minimum atomic E-state index is -0.581. The number of rotatable bonds is 3. The summed E-state index contributed by atoms with van der Waals surface area (Å²) < 4.78 is 5.25. The zero-order chi connectivity index (χ0) is 17.2. The van der Waals surface area contributed by atoms with Gasteiger partial charge in [0.1, 0.15) is 11.6 Å². The highest BCUT2D eigenvalue weighted by Gasteiger charge is 2.34. The summed E-state index contributed by atoms with van der Waals surface area (Å²) in [5, 5.41) is 2.69. The maximum absolute atomic E-state index is 12.8. The third-order valence-electron chi connectivity index (χ3n) is 3.99. The molecule has 126 valence electrons. The lowest BCUT2D eigenvalue weighted by molar-refractivity contribution is -0.135. The molecule has 2 amide bonds. The molecule has 2 atom stereocenters. The molecule has 1 aliphatic heterocycles. The minimum Gasteiger partial charge on any atom is -0.444 e. The van der Waals surface area contributed by atoms with Crippen molar-refractivity contribution in [3.63, 3.8) is 0 Å². The van der Waals surface area contributed by atoms with E-state index in [9.17, 15) is 9.59 Å². The van der Waals surface area contributed by atoms with Crippen LogP contribution < -0.4 is 5.32 Å². The summed E-state index contributed by atoms with van der Waals surface area (Å²) in [6, 6.07) is 7.52. The summed E-state index contributed by atoms with van der Waals surface area (Å²) in [6.45, 7) is 9.89. The van der Waals surface area contributed by atoms with Gasteiger partial charge in [0.25, 0.3) is 0 Å². The van der Waals surface area contributed by atoms with Gasteiger partial charge in [-0.1, -0.05) is 31.2 Å². The fourth-order valence-corrected chi connectivity index (χ4v) is 2.83. The van der Waals surface area contributed by atoms with Crippen LogP contribution in [-0.2, 0) is 16.1 Å². The van der Waals surface area contributed by atoms with Crippen LogP contribution in [0.2, 0.25) is 0 Å². The standard InChI is InChI=1S/C18H26N2O3/c1-6-15(19-17(22)23-18(3,4)5)16(21)20-11-13-9-7-8-10-14(13)12(20)2/h7-10,12,15H,6,11H2,1-5H3,(H,19,22)/t12?,15-/m1/s1. The van der Waals surface area contributed by atoms with Crippen molar-refractivity contribution in [2.24, 2.45) is 0 Å². The number of hydrogen-bond donors (Lipinski definition) is 1. The van der Waals surface area contributed by atoms with E-state index in [0.717, 1.165) is 0 Å². The second kappa shape index (κ2) is 6.60. The summed E-state index contributed by atoms with van der Waals surface area (Å²) in [7, 11) is 0. The number of benzene rings is 1. The van der Waals surface area contributed by atoms with Crippen LogP contribution in [0.4, 0.5) is 4.79 Å². The first kappa shape index (κ1) is 17.3. The quantitative estimate of drug-likeness (QED) is 0.929. The Labute approximate surface area is 138 Å². The molecule has 1 aliphatic rings. The highest BCUT2D eigenvalue weighted by Crippen LogP contribution is 2.33. The predicted octanol–water partition coefficient (Wildman–Crippen LogP) is 3.39. The van der Waals surface area contributed by atoms with E-state index < -0.39 is 17.7 Å². The summed E-state index contributed by atoms with van der Waals surface area (Å²) in [6.07, 6.45) is -0.0282. The summed E-state index contributed by atoms with van der Waals surface area (Å²) in [5.74, 6) is -0.0675. The van der Waals surface area contributed by atoms with Crippen molar-refractivity contribution in [3.05, 3.63) is 35.4 Å². The Morgan fingerprint density at radius 2 is 2.00 bits per heavy atom. The van der Waals surface area contributed by atoms with Crippen LogP contribution in [0.1, 0.15) is 58.2 Å². The maximum atomic E-state index is 12.8. The largest absolute Gasteiger partial charge is 0.444 e. The Bertz CT molecular complexity index is 592. The molecule has 5 heteroatoms. The lowest BCUT2D eigenvalue weighted by atomic mass is 10.1. The molecule has 5 nitrogen and oxygen atoms in total. The lowest BCUT2D eigenvalue weighted by Crippen LogP contribution is -2.48. The van der Waals surface area contributed by atoms with Crippen molar-refractivity contribution in [1.82, 2.24) is 10.2 Å². The summed E-state index contributed by atoms with van der Waals surface area (Å²) in [5.41, 5.74) is 1.76. The minimum absolute atomic E-state index is 0.0215. The molecule has 0 aliphatic carbocycles. The van der Waals surface area contributed by atoms with E-state index in [1.54, 1.807) is 20.8 Å². The number of carbonyl (C=O) groups is 2. The number of carbonyl (C=O) groups excluding carboxylic acids is 2. The van der Waals surface area contributed by atoms with Gasteiger partial charge in [-0.3, -0.25) is 4.79 Å². The third kappa shape index (κ3) is 4.03. The van der Waals surface area contributed by atoms with E-state index in [2.05, 4.69) is 11.4 Å². The third-order valence-corrected chi connectivity index (χ3v) is 3.99. The molecule has 0 aromatic heterocycles. The normalized spacial score (nSPS) is 18.3. The predicted molar refractivity (Wildman–Crippen MR) is 88.9 cm³/mol. The van der Waals surface area contributed by atoms with Gasteiger partial charge in [-0.05, 0) is 45.2 Å². The maximum Gasteiger partial charge on any atom is 0.408 e. The zero-order valence-electron chi connectivity index (χ0n) is 14.6. The molecule has 0 radical (unpaired) electrons. The van der Waals surface area contributed by atoms with Crippen LogP contribution in [0.5, 0.6) is 0 Å². The zero-order valence-corrected chi connectivity index (χ0v) is 14.6. The Kier molecular flexibility index (Phi) is 4.97. The number of alkyl carbamates (subject to hydrolysis) is 1. The SMILES string of the molecule is CC[C@@H](NC(=O)OC(C)(C)C)C(=O)N1Cc2ccccc2C1C. The van der Waals surface area contributed by atoms with E-state index in [1.807, 2.05) is 36.9 Å². The number of nitrogens with zero attached hydrogens (tertiary/aromatic N) is 1. The van der Waals surface area contributed by atoms with Gasteiger partial charge in [0.2, 0.25) is 5.91 Å². The number of fused-ring (bicyclic) bond motifs is 1. The van der Waals surface area contributed by atoms with Gasteiger partial charge in [-0.15, -0.1) is 0 Å². The fourth-order valence-electron chi connectivity index (χ4n) is 2.83. The molecule has 1 unspecified atom stereocenters. The van der Waals surface area contributed by atoms with Crippen LogP contribution >= 0.6 is 0 Å². The molecule has 1 aromatic carbocycles. The van der Waals surface area contributed by atoms with Gasteiger partial charge in [-0.2, -0.15) is 0 Å². The summed E-state index contributed by atoms with van der Waals surface area (Å²) >= 11 is 0. The molecule has 2 rings (SSSR count). The number of ether oxygens (including phenoxy) is 1. The van der Waals surface area contributed by atoms with Crippen LogP contribution in [0, 0.1) is 0 Å². The second-order valence-electron chi connectivity index (χ2n) is 6.95. The molecule has 23 heavy (non-hydrogen) atoms. The van der Waals surface area contributed by atoms with Gasteiger partial charge in [0.15, 0.2) is 0 Å². The van der Waals surface area contributed by atoms with E-state index >= 15 is 0 Å². The van der Waals surface area contributed by atoms with E-state index in [0.29, 0.717) is 13.0 Å². The van der Waals surface area contributed by atoms with Crippen molar-refractivity contribution in [3.8, 4) is 0 Å². The van der Waals surface area contributed by atoms with Crippen molar-refractivity contribution in [1.29, 1.82) is 0 Å². The second-order valence-corrected chi connectivity index (χ2v) is 6.95. The Hall–Kier alpha value is -2.04. The molecule has 0 spiro atoms. The molecule has 0 saturated carbocycles. The van der Waals surface area contributed by atoms with E-state index in [-0.39, 0.29) is 11.9 Å². The first-order chi connectivity index (χ1) is 10.7. The number of nitrogens with one attached hydrogen (secondary N) is 1. The molecule has 1 N–H and O–H groups in total. The van der Waals surface area contributed by atoms with E-state index in [4.69, 9.17) is 4.74 Å². The van der Waals surface area contributed by atoms with Crippen molar-refractivity contribution < 1.29 is 14.3 Å². The Balaban J connectivity index is 2.05. The fraction of sp³-hybridized carbons (Fsp3) is 0.556. The topological polar surface area (TPSA) is 58.6 Å². The number of hydrogen-bond acceptors (Lipinski definition) is 3. The molecule has 0 saturated heterocycles. The molecular formula is C18H26N2O3. The van der Waals surface area contributed by atoms with Crippen molar-refractivity contribution >= 4 is 12.0 Å². The van der Waals surface area contributed by atoms with Gasteiger partial charge in [0, 0.05) is 6.54 Å². The molecule has 0 bridgehead atoms. The first-order valence-electron chi connectivity index (χ1n) is 8.10. The first-order valence-corrected chi connectivity index (χ1v) is 8.10.